The number of allylic oxidation sites excluding steroid dienone is 2. The second kappa shape index (κ2) is 12.3. The average Bonchev–Trinajstić information content (AvgIpc) is 3.59. The maximum Gasteiger partial charge on any atom is 0.277 e. The molecule has 0 aliphatic carbocycles. The van der Waals surface area contributed by atoms with E-state index < -0.39 is 11.9 Å². The van der Waals surface area contributed by atoms with Crippen LogP contribution in [-0.2, 0) is 25.6 Å². The summed E-state index contributed by atoms with van der Waals surface area (Å²) in [5.41, 5.74) is 7.67. The molecular weight excluding hydrogens is 548 g/mol. The van der Waals surface area contributed by atoms with Crippen LogP contribution in [0.15, 0.2) is 52.2 Å². The van der Waals surface area contributed by atoms with Gasteiger partial charge in [-0.05, 0) is 99.4 Å². The molecule has 222 valence electrons. The van der Waals surface area contributed by atoms with Crippen molar-refractivity contribution in [3.63, 3.8) is 0 Å². The Morgan fingerprint density at radius 3 is 2.09 bits per heavy atom. The average molecular weight is 581 g/mol. The molecule has 43 heavy (non-hydrogen) atoms. The Kier molecular flexibility index (Phi) is 8.80. The number of hydrogen-bond acceptors (Lipinski definition) is 6. The number of rotatable bonds is 11. The van der Waals surface area contributed by atoms with E-state index in [1.54, 1.807) is 25.2 Å². The van der Waals surface area contributed by atoms with Crippen LogP contribution in [0.5, 0.6) is 0 Å². The molecule has 3 N–H and O–H groups in total. The Hall–Kier alpha value is -5.25. The number of nitrogens with one attached hydrogen (secondary N) is 3. The van der Waals surface area contributed by atoms with Crippen molar-refractivity contribution >= 4 is 53.8 Å². The lowest BCUT2D eigenvalue weighted by Gasteiger charge is -2.08. The first-order valence-corrected chi connectivity index (χ1v) is 13.7. The second-order valence-electron chi connectivity index (χ2n) is 10.4. The third kappa shape index (κ3) is 6.18. The van der Waals surface area contributed by atoms with Gasteiger partial charge in [0, 0.05) is 56.4 Å². The van der Waals surface area contributed by atoms with Gasteiger partial charge >= 0.3 is 0 Å². The van der Waals surface area contributed by atoms with E-state index in [0.717, 1.165) is 33.2 Å². The van der Waals surface area contributed by atoms with Gasteiger partial charge in [-0.25, -0.2) is 4.99 Å². The SMILES string of the molecule is C=CC1=C(C)C(C=c2[nH]c(=Cc3[nH]c(/C=C4\NC(=O)C(C)=C4CCC(=O)[O-])c(CCC(=O)[O-])c3C)c(C)c2C=C)=NC1=O. The van der Waals surface area contributed by atoms with Gasteiger partial charge in [0.1, 0.15) is 0 Å². The van der Waals surface area contributed by atoms with Crippen LogP contribution in [0.1, 0.15) is 66.8 Å². The van der Waals surface area contributed by atoms with E-state index in [9.17, 15) is 29.4 Å². The number of aromatic amines is 2. The number of aliphatic imine (C=N–C) groups is 1. The van der Waals surface area contributed by atoms with E-state index in [0.29, 0.717) is 44.9 Å². The molecule has 0 radical (unpaired) electrons. The van der Waals surface area contributed by atoms with Crippen molar-refractivity contribution in [2.24, 2.45) is 4.99 Å². The lowest BCUT2D eigenvalue weighted by molar-refractivity contribution is -0.307. The fraction of sp³-hybridized carbons (Fsp3) is 0.242. The van der Waals surface area contributed by atoms with Crippen molar-refractivity contribution in [1.29, 1.82) is 0 Å². The molecule has 0 unspecified atom stereocenters. The van der Waals surface area contributed by atoms with Crippen molar-refractivity contribution in [3.05, 3.63) is 91.6 Å². The monoisotopic (exact) mass is 580 g/mol. The minimum atomic E-state index is -1.22. The van der Waals surface area contributed by atoms with Crippen molar-refractivity contribution in [3.8, 4) is 0 Å². The summed E-state index contributed by atoms with van der Waals surface area (Å²) in [7, 11) is 0. The number of aromatic nitrogens is 2. The molecule has 2 aromatic rings. The number of carbonyl (C=O) groups is 4. The van der Waals surface area contributed by atoms with Crippen LogP contribution in [0, 0.1) is 13.8 Å². The van der Waals surface area contributed by atoms with E-state index in [1.807, 2.05) is 26.8 Å². The van der Waals surface area contributed by atoms with Crippen molar-refractivity contribution in [1.82, 2.24) is 15.3 Å². The molecule has 2 aromatic heterocycles. The van der Waals surface area contributed by atoms with Gasteiger partial charge in [-0.2, -0.15) is 0 Å². The van der Waals surface area contributed by atoms with E-state index in [-0.39, 0.29) is 37.5 Å². The number of carboxylic acids is 2. The minimum absolute atomic E-state index is 0.108. The predicted molar refractivity (Wildman–Crippen MR) is 160 cm³/mol. The first kappa shape index (κ1) is 30.7. The molecule has 2 aliphatic heterocycles. The molecule has 0 saturated heterocycles. The maximum absolute atomic E-state index is 12.4. The molecule has 0 fully saturated rings. The van der Waals surface area contributed by atoms with E-state index in [4.69, 9.17) is 0 Å². The summed E-state index contributed by atoms with van der Waals surface area (Å²) >= 11 is 0. The highest BCUT2D eigenvalue weighted by Gasteiger charge is 2.25. The normalized spacial score (nSPS) is 16.9. The Balaban J connectivity index is 1.85. The molecule has 4 rings (SSSR count). The fourth-order valence-corrected chi connectivity index (χ4v) is 5.33. The third-order valence-electron chi connectivity index (χ3n) is 7.85. The molecule has 0 atom stereocenters. The molecule has 0 aromatic carbocycles. The summed E-state index contributed by atoms with van der Waals surface area (Å²) < 4.78 is 0. The smallest absolute Gasteiger partial charge is 0.277 e. The lowest BCUT2D eigenvalue weighted by atomic mass is 10.0. The van der Waals surface area contributed by atoms with E-state index in [1.165, 1.54) is 6.08 Å². The van der Waals surface area contributed by atoms with Gasteiger partial charge < -0.3 is 35.1 Å². The number of hydrogen-bond donors (Lipinski definition) is 3. The minimum Gasteiger partial charge on any atom is -0.550 e. The fourth-order valence-electron chi connectivity index (χ4n) is 5.33. The van der Waals surface area contributed by atoms with Crippen molar-refractivity contribution in [2.45, 2.75) is 53.4 Å². The lowest BCUT2D eigenvalue weighted by Crippen LogP contribution is -2.22. The van der Waals surface area contributed by atoms with E-state index >= 15 is 0 Å². The van der Waals surface area contributed by atoms with Crippen LogP contribution in [0.4, 0.5) is 0 Å². The summed E-state index contributed by atoms with van der Waals surface area (Å²) in [6.45, 7) is 14.9. The number of aliphatic carboxylic acids is 2. The van der Waals surface area contributed by atoms with Gasteiger partial charge in [0.05, 0.1) is 5.71 Å². The summed E-state index contributed by atoms with van der Waals surface area (Å²) in [5, 5.41) is 26.7. The largest absolute Gasteiger partial charge is 0.550 e. The second-order valence-corrected chi connectivity index (χ2v) is 10.4. The van der Waals surface area contributed by atoms with Crippen LogP contribution in [0.25, 0.3) is 24.3 Å². The maximum atomic E-state index is 12.4. The molecule has 10 nitrogen and oxygen atoms in total. The highest BCUT2D eigenvalue weighted by molar-refractivity contribution is 6.31. The number of carboxylic acid groups (broad SMARTS) is 2. The number of nitrogens with zero attached hydrogens (tertiary/aromatic N) is 1. The number of carbonyl (C=O) groups excluding carboxylic acids is 4. The van der Waals surface area contributed by atoms with E-state index in [2.05, 4.69) is 33.4 Å². The van der Waals surface area contributed by atoms with Gasteiger partial charge in [-0.15, -0.1) is 0 Å². The molecule has 10 heteroatoms. The Labute approximate surface area is 248 Å². The van der Waals surface area contributed by atoms with Crippen molar-refractivity contribution < 1.29 is 29.4 Å². The Morgan fingerprint density at radius 2 is 1.49 bits per heavy atom. The van der Waals surface area contributed by atoms with Gasteiger partial charge in [0.25, 0.3) is 11.8 Å². The zero-order valence-electron chi connectivity index (χ0n) is 24.5. The molecule has 0 spiro atoms. The summed E-state index contributed by atoms with van der Waals surface area (Å²) in [5.74, 6) is -3.09. The molecular formula is C33H32N4O6-2. The molecule has 0 bridgehead atoms. The molecule has 0 saturated carbocycles. The Morgan fingerprint density at radius 1 is 0.814 bits per heavy atom. The number of H-pyrrole nitrogens is 2. The van der Waals surface area contributed by atoms with Crippen LogP contribution in [-0.4, -0.2) is 39.4 Å². The quantitative estimate of drug-likeness (QED) is 0.353. The highest BCUT2D eigenvalue weighted by Crippen LogP contribution is 2.29. The highest BCUT2D eigenvalue weighted by atomic mass is 16.4. The summed E-state index contributed by atoms with van der Waals surface area (Å²) in [6.07, 6.45) is 8.42. The van der Waals surface area contributed by atoms with Crippen LogP contribution in [0.3, 0.4) is 0 Å². The van der Waals surface area contributed by atoms with Gasteiger partial charge in [-0.3, -0.25) is 9.59 Å². The van der Waals surface area contributed by atoms with Crippen LogP contribution >= 0.6 is 0 Å². The molecule has 2 amide bonds. The van der Waals surface area contributed by atoms with Gasteiger partial charge in [0.15, 0.2) is 0 Å². The zero-order valence-corrected chi connectivity index (χ0v) is 24.5. The third-order valence-corrected chi connectivity index (χ3v) is 7.85. The topological polar surface area (TPSA) is 170 Å². The van der Waals surface area contributed by atoms with Gasteiger partial charge in [-0.1, -0.05) is 25.3 Å². The molecule has 4 heterocycles. The predicted octanol–water partition coefficient (Wildman–Crippen LogP) is 0.695. The van der Waals surface area contributed by atoms with Crippen molar-refractivity contribution in [2.75, 3.05) is 0 Å². The Bertz CT molecular complexity index is 1860. The molecule has 2 aliphatic rings. The first-order chi connectivity index (χ1) is 20.4. The van der Waals surface area contributed by atoms with Gasteiger partial charge in [0.2, 0.25) is 0 Å². The van der Waals surface area contributed by atoms with Crippen LogP contribution in [0.2, 0.25) is 0 Å². The summed E-state index contributed by atoms with van der Waals surface area (Å²) in [4.78, 5) is 57.9. The zero-order chi connectivity index (χ0) is 31.6. The number of amides is 2. The standard InChI is InChI=1S/C33H34N4O6/c1-7-20-16(3)24(34-27(20)14-26-17(4)21(8-2)33(43)36-26)13-25-18(5)22(9-11-30(38)39)28(35-25)15-29-23(10-12-31(40)41)19(6)32(42)37-29/h7-8,13-15,34-35H,1-2,9-12H2,3-6H3,(H,37,42)(H,38,39)(H,40,41)/p-2/b24-13?,27-14?,29-15-. The summed E-state index contributed by atoms with van der Waals surface area (Å²) in [6, 6.07) is 0. The van der Waals surface area contributed by atoms with Crippen LogP contribution < -0.4 is 26.2 Å². The first-order valence-electron chi connectivity index (χ1n) is 13.7.